The molecule has 3 nitrogen and oxygen atoms in total. The molecule has 2 unspecified atom stereocenters. The zero-order valence-corrected chi connectivity index (χ0v) is 11.4. The van der Waals surface area contributed by atoms with Crippen LogP contribution in [0.3, 0.4) is 0 Å². The molecule has 0 saturated carbocycles. The lowest BCUT2D eigenvalue weighted by molar-refractivity contribution is -0.0392. The third-order valence-electron chi connectivity index (χ3n) is 3.80. The maximum atomic E-state index is 6.33. The summed E-state index contributed by atoms with van der Waals surface area (Å²) in [6.45, 7) is 8.17. The van der Waals surface area contributed by atoms with Crippen molar-refractivity contribution in [3.8, 4) is 0 Å². The highest BCUT2D eigenvalue weighted by Gasteiger charge is 2.25. The predicted octanol–water partition coefficient (Wildman–Crippen LogP) is 1.97. The largest absolute Gasteiger partial charge is 0.374 e. The van der Waals surface area contributed by atoms with Crippen molar-refractivity contribution >= 4 is 0 Å². The molecule has 1 heterocycles. The highest BCUT2D eigenvalue weighted by Crippen LogP contribution is 2.20. The molecule has 1 aliphatic rings. The number of rotatable bonds is 4. The number of nitrogens with zero attached hydrogens (tertiary/aromatic N) is 1. The first-order valence-corrected chi connectivity index (χ1v) is 6.93. The molecule has 0 bridgehead atoms. The Hall–Kier alpha value is -0.900. The quantitative estimate of drug-likeness (QED) is 0.885. The minimum absolute atomic E-state index is 0.0229. The van der Waals surface area contributed by atoms with E-state index in [1.54, 1.807) is 0 Å². The van der Waals surface area contributed by atoms with Gasteiger partial charge in [-0.1, -0.05) is 38.1 Å². The normalized spacial score (nSPS) is 22.9. The fraction of sp³-hybridized carbons (Fsp3) is 0.600. The highest BCUT2D eigenvalue weighted by atomic mass is 16.5. The maximum absolute atomic E-state index is 6.33. The minimum atomic E-state index is -0.0229. The number of benzene rings is 1. The van der Waals surface area contributed by atoms with Crippen molar-refractivity contribution in [1.82, 2.24) is 4.90 Å². The standard InChI is InChI=1S/C15H24N2O/c1-3-12-5-7-13(8-6-12)15(16)14-11-17(4-2)9-10-18-14/h5-8,14-15H,3-4,9-11,16H2,1-2H3. The maximum Gasteiger partial charge on any atom is 0.0894 e. The third-order valence-corrected chi connectivity index (χ3v) is 3.80. The molecule has 1 fully saturated rings. The average molecular weight is 248 g/mol. The first-order chi connectivity index (χ1) is 8.74. The fourth-order valence-corrected chi connectivity index (χ4v) is 2.43. The summed E-state index contributed by atoms with van der Waals surface area (Å²) in [7, 11) is 0. The van der Waals surface area contributed by atoms with Crippen LogP contribution in [0.5, 0.6) is 0 Å². The van der Waals surface area contributed by atoms with Gasteiger partial charge >= 0.3 is 0 Å². The van der Waals surface area contributed by atoms with Crippen LogP contribution in [0.25, 0.3) is 0 Å². The molecule has 1 aliphatic heterocycles. The summed E-state index contributed by atoms with van der Waals surface area (Å²) in [6, 6.07) is 8.58. The SMILES string of the molecule is CCc1ccc(C(N)C2CN(CC)CCO2)cc1. The molecule has 3 heteroatoms. The van der Waals surface area contributed by atoms with Crippen molar-refractivity contribution in [1.29, 1.82) is 0 Å². The molecule has 2 N–H and O–H groups in total. The van der Waals surface area contributed by atoms with Gasteiger partial charge in [0.2, 0.25) is 0 Å². The van der Waals surface area contributed by atoms with Gasteiger partial charge < -0.3 is 10.5 Å². The van der Waals surface area contributed by atoms with E-state index in [2.05, 4.69) is 43.0 Å². The van der Waals surface area contributed by atoms with Gasteiger partial charge in [0.15, 0.2) is 0 Å². The zero-order chi connectivity index (χ0) is 13.0. The van der Waals surface area contributed by atoms with E-state index in [0.717, 1.165) is 32.7 Å². The van der Waals surface area contributed by atoms with E-state index < -0.39 is 0 Å². The molecule has 2 atom stereocenters. The molecule has 1 aromatic carbocycles. The molecule has 2 rings (SSSR count). The number of hydrogen-bond acceptors (Lipinski definition) is 3. The predicted molar refractivity (Wildman–Crippen MR) is 74.6 cm³/mol. The van der Waals surface area contributed by atoms with Crippen LogP contribution < -0.4 is 5.73 Å². The summed E-state index contributed by atoms with van der Waals surface area (Å²) in [5, 5.41) is 0. The average Bonchev–Trinajstić information content (AvgIpc) is 2.46. The number of ether oxygens (including phenoxy) is 1. The number of aryl methyl sites for hydroxylation is 1. The van der Waals surface area contributed by atoms with Gasteiger partial charge in [0.1, 0.15) is 0 Å². The van der Waals surface area contributed by atoms with Gasteiger partial charge in [0.25, 0.3) is 0 Å². The first-order valence-electron chi connectivity index (χ1n) is 6.93. The lowest BCUT2D eigenvalue weighted by Gasteiger charge is -2.35. The lowest BCUT2D eigenvalue weighted by atomic mass is 9.99. The zero-order valence-electron chi connectivity index (χ0n) is 11.4. The summed E-state index contributed by atoms with van der Waals surface area (Å²) in [5.41, 5.74) is 8.86. The van der Waals surface area contributed by atoms with E-state index in [-0.39, 0.29) is 12.1 Å². The minimum Gasteiger partial charge on any atom is -0.374 e. The smallest absolute Gasteiger partial charge is 0.0894 e. The molecular weight excluding hydrogens is 224 g/mol. The monoisotopic (exact) mass is 248 g/mol. The van der Waals surface area contributed by atoms with Crippen molar-refractivity contribution in [3.63, 3.8) is 0 Å². The summed E-state index contributed by atoms with van der Waals surface area (Å²) in [6.07, 6.45) is 1.19. The van der Waals surface area contributed by atoms with Crippen molar-refractivity contribution in [3.05, 3.63) is 35.4 Å². The molecule has 1 aromatic rings. The van der Waals surface area contributed by atoms with Crippen LogP contribution in [0.2, 0.25) is 0 Å². The molecule has 100 valence electrons. The van der Waals surface area contributed by atoms with E-state index in [0.29, 0.717) is 0 Å². The molecular formula is C15H24N2O. The van der Waals surface area contributed by atoms with Crippen LogP contribution in [-0.4, -0.2) is 37.2 Å². The van der Waals surface area contributed by atoms with Crippen LogP contribution >= 0.6 is 0 Å². The Bertz CT molecular complexity index is 363. The molecule has 1 saturated heterocycles. The molecule has 18 heavy (non-hydrogen) atoms. The van der Waals surface area contributed by atoms with E-state index in [1.807, 2.05) is 0 Å². The van der Waals surface area contributed by atoms with Gasteiger partial charge in [0.05, 0.1) is 18.8 Å². The number of nitrogens with two attached hydrogens (primary N) is 1. The van der Waals surface area contributed by atoms with Crippen molar-refractivity contribution in [2.45, 2.75) is 32.4 Å². The summed E-state index contributed by atoms with van der Waals surface area (Å²) in [4.78, 5) is 2.40. The second kappa shape index (κ2) is 6.32. The van der Waals surface area contributed by atoms with E-state index in [1.165, 1.54) is 11.1 Å². The second-order valence-electron chi connectivity index (χ2n) is 4.92. The summed E-state index contributed by atoms with van der Waals surface area (Å²) < 4.78 is 5.82. The third kappa shape index (κ3) is 3.10. The van der Waals surface area contributed by atoms with Gasteiger partial charge in [0, 0.05) is 13.1 Å². The molecule has 0 radical (unpaired) electrons. The van der Waals surface area contributed by atoms with Crippen LogP contribution in [0, 0.1) is 0 Å². The Morgan fingerprint density at radius 3 is 2.67 bits per heavy atom. The fourth-order valence-electron chi connectivity index (χ4n) is 2.43. The van der Waals surface area contributed by atoms with Gasteiger partial charge in [-0.2, -0.15) is 0 Å². The number of likely N-dealkylation sites (N-methyl/N-ethyl adjacent to an activating group) is 1. The molecule has 0 spiro atoms. The molecule has 0 aliphatic carbocycles. The number of morpholine rings is 1. The Labute approximate surface area is 110 Å². The van der Waals surface area contributed by atoms with E-state index in [4.69, 9.17) is 10.5 Å². The van der Waals surface area contributed by atoms with Crippen LogP contribution in [-0.2, 0) is 11.2 Å². The van der Waals surface area contributed by atoms with Gasteiger partial charge in [-0.3, -0.25) is 4.90 Å². The Kier molecular flexibility index (Phi) is 4.75. The first kappa shape index (κ1) is 13.5. The van der Waals surface area contributed by atoms with Crippen LogP contribution in [0.15, 0.2) is 24.3 Å². The van der Waals surface area contributed by atoms with Gasteiger partial charge in [-0.15, -0.1) is 0 Å². The van der Waals surface area contributed by atoms with Crippen LogP contribution in [0.4, 0.5) is 0 Å². The topological polar surface area (TPSA) is 38.5 Å². The van der Waals surface area contributed by atoms with Crippen molar-refractivity contribution in [2.75, 3.05) is 26.2 Å². The van der Waals surface area contributed by atoms with Gasteiger partial charge in [-0.25, -0.2) is 0 Å². The molecule has 0 amide bonds. The summed E-state index contributed by atoms with van der Waals surface area (Å²) >= 11 is 0. The Balaban J connectivity index is 2.02. The van der Waals surface area contributed by atoms with Crippen LogP contribution in [0.1, 0.15) is 31.0 Å². The van der Waals surface area contributed by atoms with Gasteiger partial charge in [-0.05, 0) is 24.1 Å². The summed E-state index contributed by atoms with van der Waals surface area (Å²) in [5.74, 6) is 0. The van der Waals surface area contributed by atoms with Crippen molar-refractivity contribution < 1.29 is 4.74 Å². The Morgan fingerprint density at radius 1 is 1.33 bits per heavy atom. The van der Waals surface area contributed by atoms with E-state index in [9.17, 15) is 0 Å². The Morgan fingerprint density at radius 2 is 2.06 bits per heavy atom. The number of hydrogen-bond donors (Lipinski definition) is 1. The lowest BCUT2D eigenvalue weighted by Crippen LogP contribution is -2.46. The second-order valence-corrected chi connectivity index (χ2v) is 4.92. The molecule has 0 aromatic heterocycles. The van der Waals surface area contributed by atoms with E-state index >= 15 is 0 Å². The highest BCUT2D eigenvalue weighted by molar-refractivity contribution is 5.25. The van der Waals surface area contributed by atoms with Crippen molar-refractivity contribution in [2.24, 2.45) is 5.73 Å².